The molecular weight excluding hydrogens is 368 g/mol. The van der Waals surface area contributed by atoms with E-state index in [1.54, 1.807) is 25.1 Å². The summed E-state index contributed by atoms with van der Waals surface area (Å²) in [6.07, 6.45) is 3.20. The van der Waals surface area contributed by atoms with E-state index in [2.05, 4.69) is 10.4 Å². The lowest BCUT2D eigenvalue weighted by atomic mass is 10.1. The first-order valence-corrected chi connectivity index (χ1v) is 10.3. The van der Waals surface area contributed by atoms with Crippen LogP contribution in [0.2, 0.25) is 0 Å². The molecule has 1 heterocycles. The lowest BCUT2D eigenvalue weighted by molar-refractivity contribution is -0.124. The number of benzene rings is 1. The minimum atomic E-state index is -3.71. The summed E-state index contributed by atoms with van der Waals surface area (Å²) in [6, 6.07) is 7.05. The first-order valence-electron chi connectivity index (χ1n) is 8.77. The highest BCUT2D eigenvalue weighted by Crippen LogP contribution is 2.18. The van der Waals surface area contributed by atoms with E-state index in [1.807, 2.05) is 0 Å². The smallest absolute Gasteiger partial charge is 0.267 e. The molecular formula is C18H22N4O4S. The van der Waals surface area contributed by atoms with Gasteiger partial charge in [-0.2, -0.15) is 5.10 Å². The Morgan fingerprint density at radius 3 is 2.67 bits per heavy atom. The molecule has 3 rings (SSSR count). The third-order valence-corrected chi connectivity index (χ3v) is 5.62. The molecule has 8 nitrogen and oxygen atoms in total. The number of fused-ring (bicyclic) bond motifs is 1. The van der Waals surface area contributed by atoms with Gasteiger partial charge in [0.05, 0.1) is 10.6 Å². The number of amides is 1. The number of carbonyl (C=O) groups excluding carboxylic acids is 1. The zero-order valence-electron chi connectivity index (χ0n) is 15.0. The summed E-state index contributed by atoms with van der Waals surface area (Å²) in [5.41, 5.74) is 2.47. The number of nitrogens with zero attached hydrogens (tertiary/aromatic N) is 2. The van der Waals surface area contributed by atoms with Crippen LogP contribution in [0.4, 0.5) is 0 Å². The lowest BCUT2D eigenvalue weighted by Crippen LogP contribution is -2.38. The molecule has 1 aromatic carbocycles. The summed E-state index contributed by atoms with van der Waals surface area (Å²) in [7, 11) is -3.71. The number of aromatic nitrogens is 2. The van der Waals surface area contributed by atoms with Crippen LogP contribution in [0.25, 0.3) is 0 Å². The third kappa shape index (κ3) is 4.42. The maximum atomic E-state index is 12.4. The van der Waals surface area contributed by atoms with E-state index in [4.69, 9.17) is 5.14 Å². The summed E-state index contributed by atoms with van der Waals surface area (Å²) in [5.74, 6) is -0.288. The van der Waals surface area contributed by atoms with Gasteiger partial charge in [0.15, 0.2) is 0 Å². The van der Waals surface area contributed by atoms with Gasteiger partial charge in [0.25, 0.3) is 5.56 Å². The average Bonchev–Trinajstić information content (AvgIpc) is 3.07. The lowest BCUT2D eigenvalue weighted by Gasteiger charge is -2.15. The van der Waals surface area contributed by atoms with Crippen LogP contribution in [-0.4, -0.2) is 30.7 Å². The van der Waals surface area contributed by atoms with E-state index in [0.29, 0.717) is 13.0 Å². The van der Waals surface area contributed by atoms with Gasteiger partial charge in [0.1, 0.15) is 6.04 Å². The molecule has 1 aromatic heterocycles. The van der Waals surface area contributed by atoms with Crippen LogP contribution in [0.1, 0.15) is 36.2 Å². The number of aryl methyl sites for hydroxylation is 2. The van der Waals surface area contributed by atoms with E-state index in [0.717, 1.165) is 36.1 Å². The molecule has 1 amide bonds. The molecule has 0 bridgehead atoms. The second kappa shape index (κ2) is 7.61. The largest absolute Gasteiger partial charge is 0.354 e. The third-order valence-electron chi connectivity index (χ3n) is 4.69. The zero-order chi connectivity index (χ0) is 19.6. The topological polar surface area (TPSA) is 124 Å². The zero-order valence-corrected chi connectivity index (χ0v) is 15.8. The van der Waals surface area contributed by atoms with Gasteiger partial charge in [-0.15, -0.1) is 0 Å². The van der Waals surface area contributed by atoms with Gasteiger partial charge in [0.2, 0.25) is 15.9 Å². The van der Waals surface area contributed by atoms with Crippen molar-refractivity contribution in [3.8, 4) is 0 Å². The second-order valence-corrected chi connectivity index (χ2v) is 8.22. The van der Waals surface area contributed by atoms with Gasteiger partial charge in [-0.25, -0.2) is 18.2 Å². The Morgan fingerprint density at radius 2 is 2.00 bits per heavy atom. The minimum Gasteiger partial charge on any atom is -0.354 e. The highest BCUT2D eigenvalue weighted by molar-refractivity contribution is 7.89. The van der Waals surface area contributed by atoms with Gasteiger partial charge in [0, 0.05) is 12.6 Å². The monoisotopic (exact) mass is 390 g/mol. The van der Waals surface area contributed by atoms with E-state index in [1.165, 1.54) is 16.8 Å². The van der Waals surface area contributed by atoms with Crippen LogP contribution in [0.5, 0.6) is 0 Å². The van der Waals surface area contributed by atoms with Gasteiger partial charge < -0.3 is 5.32 Å². The van der Waals surface area contributed by atoms with E-state index < -0.39 is 16.1 Å². The number of sulfonamides is 1. The van der Waals surface area contributed by atoms with Gasteiger partial charge in [-0.1, -0.05) is 12.1 Å². The molecule has 0 saturated heterocycles. The molecule has 0 spiro atoms. The Kier molecular flexibility index (Phi) is 5.43. The van der Waals surface area contributed by atoms with Crippen molar-refractivity contribution in [2.75, 3.05) is 6.54 Å². The van der Waals surface area contributed by atoms with Crippen molar-refractivity contribution < 1.29 is 13.2 Å². The molecule has 27 heavy (non-hydrogen) atoms. The summed E-state index contributed by atoms with van der Waals surface area (Å²) in [6.45, 7) is 2.00. The van der Waals surface area contributed by atoms with Crippen molar-refractivity contribution in [2.24, 2.45) is 5.14 Å². The highest BCUT2D eigenvalue weighted by atomic mass is 32.2. The highest BCUT2D eigenvalue weighted by Gasteiger charge is 2.21. The molecule has 0 saturated carbocycles. The molecule has 2 aromatic rings. The van der Waals surface area contributed by atoms with Crippen molar-refractivity contribution in [2.45, 2.75) is 43.5 Å². The van der Waals surface area contributed by atoms with E-state index in [9.17, 15) is 18.0 Å². The molecule has 0 unspecified atom stereocenters. The molecule has 1 aliphatic rings. The Bertz CT molecular complexity index is 1010. The number of nitrogens with one attached hydrogen (secondary N) is 1. The quantitative estimate of drug-likeness (QED) is 0.734. The van der Waals surface area contributed by atoms with Crippen LogP contribution < -0.4 is 16.0 Å². The van der Waals surface area contributed by atoms with Crippen LogP contribution >= 0.6 is 0 Å². The van der Waals surface area contributed by atoms with Crippen LogP contribution in [-0.2, 0) is 34.1 Å². The summed E-state index contributed by atoms with van der Waals surface area (Å²) in [5, 5.41) is 12.2. The number of hydrogen-bond donors (Lipinski definition) is 2. The fourth-order valence-electron chi connectivity index (χ4n) is 3.13. The van der Waals surface area contributed by atoms with Gasteiger partial charge >= 0.3 is 0 Å². The summed E-state index contributed by atoms with van der Waals surface area (Å²) in [4.78, 5) is 24.6. The van der Waals surface area contributed by atoms with E-state index >= 15 is 0 Å². The van der Waals surface area contributed by atoms with Crippen molar-refractivity contribution in [3.63, 3.8) is 0 Å². The van der Waals surface area contributed by atoms with Gasteiger partial charge in [-0.05, 0) is 55.9 Å². The maximum Gasteiger partial charge on any atom is 0.267 e. The predicted molar refractivity (Wildman–Crippen MR) is 99.8 cm³/mol. The molecule has 9 heteroatoms. The summed E-state index contributed by atoms with van der Waals surface area (Å²) < 4.78 is 23.7. The fraction of sp³-hybridized carbons (Fsp3) is 0.389. The number of primary sulfonamides is 1. The van der Waals surface area contributed by atoms with Crippen molar-refractivity contribution in [1.82, 2.24) is 15.1 Å². The minimum absolute atomic E-state index is 0.0472. The number of nitrogens with two attached hydrogens (primary N) is 1. The summed E-state index contributed by atoms with van der Waals surface area (Å²) >= 11 is 0. The van der Waals surface area contributed by atoms with Crippen LogP contribution in [0, 0.1) is 0 Å². The number of carbonyl (C=O) groups is 1. The standard InChI is InChI=1S/C18H22N4O4S/c1-12(22-17(23)11-14-3-2-4-16(14)21-22)18(24)20-10-9-13-5-7-15(8-6-13)27(19,25)26/h5-8,11-12H,2-4,9-10H2,1H3,(H,20,24)(H2,19,25,26)/t12-/m0/s1. The molecule has 0 aliphatic heterocycles. The van der Waals surface area contributed by atoms with Crippen molar-refractivity contribution in [1.29, 1.82) is 0 Å². The normalized spacial score (nSPS) is 14.6. The van der Waals surface area contributed by atoms with Gasteiger partial charge in [-0.3, -0.25) is 9.59 Å². The van der Waals surface area contributed by atoms with Crippen LogP contribution in [0.3, 0.4) is 0 Å². The molecule has 0 radical (unpaired) electrons. The first-order chi connectivity index (χ1) is 12.8. The number of rotatable bonds is 6. The van der Waals surface area contributed by atoms with Crippen LogP contribution in [0.15, 0.2) is 40.0 Å². The Balaban J connectivity index is 1.59. The average molecular weight is 390 g/mol. The Labute approximate surface area is 157 Å². The predicted octanol–water partition coefficient (Wildman–Crippen LogP) is 0.299. The first kappa shape index (κ1) is 19.2. The second-order valence-electron chi connectivity index (χ2n) is 6.66. The molecule has 1 atom stereocenters. The van der Waals surface area contributed by atoms with Crippen molar-refractivity contribution >= 4 is 15.9 Å². The molecule has 1 aliphatic carbocycles. The maximum absolute atomic E-state index is 12.4. The number of hydrogen-bond acceptors (Lipinski definition) is 5. The van der Waals surface area contributed by atoms with Crippen molar-refractivity contribution in [3.05, 3.63) is 57.5 Å². The Morgan fingerprint density at radius 1 is 1.30 bits per heavy atom. The Hall–Kier alpha value is -2.52. The molecule has 3 N–H and O–H groups in total. The SMILES string of the molecule is C[C@@H](C(=O)NCCc1ccc(S(N)(=O)=O)cc1)n1nc2c(cc1=O)CCC2. The molecule has 0 fully saturated rings. The fourth-order valence-corrected chi connectivity index (χ4v) is 3.64. The van der Waals surface area contributed by atoms with E-state index in [-0.39, 0.29) is 16.4 Å². The molecule has 144 valence electrons.